The molecule has 1 heterocycles. The Hall–Kier alpha value is -0.860. The third-order valence-electron chi connectivity index (χ3n) is 5.13. The third kappa shape index (κ3) is 3.07. The highest BCUT2D eigenvalue weighted by Gasteiger charge is 2.32. The molecule has 0 spiro atoms. The summed E-state index contributed by atoms with van der Waals surface area (Å²) in [5.74, 6) is 0.761. The van der Waals surface area contributed by atoms with Crippen LogP contribution in [0.3, 0.4) is 0 Å². The molecule has 110 valence electrons. The highest BCUT2D eigenvalue weighted by atomic mass is 15.1. The Morgan fingerprint density at radius 1 is 1.15 bits per heavy atom. The largest absolute Gasteiger partial charge is 0.314 e. The van der Waals surface area contributed by atoms with Gasteiger partial charge >= 0.3 is 0 Å². The summed E-state index contributed by atoms with van der Waals surface area (Å²) in [7, 11) is 2.29. The van der Waals surface area contributed by atoms with E-state index in [4.69, 9.17) is 0 Å². The molecule has 1 saturated carbocycles. The second kappa shape index (κ2) is 5.87. The smallest absolute Gasteiger partial charge is 0.0385 e. The van der Waals surface area contributed by atoms with Crippen LogP contribution in [-0.4, -0.2) is 31.1 Å². The van der Waals surface area contributed by atoms with Gasteiger partial charge in [-0.3, -0.25) is 4.90 Å². The molecule has 2 fully saturated rings. The fraction of sp³-hybridized carbons (Fsp3) is 0.667. The highest BCUT2D eigenvalue weighted by Crippen LogP contribution is 2.36. The van der Waals surface area contributed by atoms with Gasteiger partial charge in [-0.25, -0.2) is 0 Å². The molecule has 0 bridgehead atoms. The molecule has 20 heavy (non-hydrogen) atoms. The second-order valence-corrected chi connectivity index (χ2v) is 6.85. The molecule has 0 radical (unpaired) electrons. The number of nitrogens with one attached hydrogen (secondary N) is 1. The molecule has 1 N–H and O–H groups in total. The van der Waals surface area contributed by atoms with Crippen molar-refractivity contribution in [3.63, 3.8) is 0 Å². The summed E-state index contributed by atoms with van der Waals surface area (Å²) in [6, 6.07) is 8.46. The SMILES string of the molecule is Cc1ccc(C2C(CNC3CC3)CCCN2C)cc1C. The molecule has 1 aromatic rings. The van der Waals surface area contributed by atoms with Crippen molar-refractivity contribution in [1.82, 2.24) is 10.2 Å². The minimum Gasteiger partial charge on any atom is -0.314 e. The van der Waals surface area contributed by atoms with Gasteiger partial charge in [0.1, 0.15) is 0 Å². The van der Waals surface area contributed by atoms with E-state index in [1.165, 1.54) is 55.5 Å². The lowest BCUT2D eigenvalue weighted by molar-refractivity contribution is 0.119. The van der Waals surface area contributed by atoms with Crippen molar-refractivity contribution in [3.8, 4) is 0 Å². The number of hydrogen-bond acceptors (Lipinski definition) is 2. The molecule has 2 heteroatoms. The third-order valence-corrected chi connectivity index (χ3v) is 5.13. The van der Waals surface area contributed by atoms with Crippen LogP contribution < -0.4 is 5.32 Å². The predicted molar refractivity (Wildman–Crippen MR) is 85.0 cm³/mol. The first-order valence-corrected chi connectivity index (χ1v) is 8.16. The second-order valence-electron chi connectivity index (χ2n) is 6.85. The van der Waals surface area contributed by atoms with Crippen LogP contribution in [0.15, 0.2) is 18.2 Å². The van der Waals surface area contributed by atoms with Crippen LogP contribution in [0.2, 0.25) is 0 Å². The minimum absolute atomic E-state index is 0.592. The van der Waals surface area contributed by atoms with Gasteiger partial charge in [0.2, 0.25) is 0 Å². The predicted octanol–water partition coefficient (Wildman–Crippen LogP) is 3.44. The van der Waals surface area contributed by atoms with E-state index in [9.17, 15) is 0 Å². The summed E-state index contributed by atoms with van der Waals surface area (Å²) >= 11 is 0. The quantitative estimate of drug-likeness (QED) is 0.903. The zero-order chi connectivity index (χ0) is 14.1. The molecule has 2 unspecified atom stereocenters. The first kappa shape index (κ1) is 14.1. The van der Waals surface area contributed by atoms with E-state index >= 15 is 0 Å². The molecule has 3 rings (SSSR count). The molecule has 1 saturated heterocycles. The Bertz CT molecular complexity index is 464. The number of benzene rings is 1. The molecule has 1 aliphatic heterocycles. The first-order chi connectivity index (χ1) is 9.65. The summed E-state index contributed by atoms with van der Waals surface area (Å²) in [5.41, 5.74) is 4.34. The van der Waals surface area contributed by atoms with Crippen molar-refractivity contribution in [2.75, 3.05) is 20.1 Å². The van der Waals surface area contributed by atoms with Crippen LogP contribution in [0, 0.1) is 19.8 Å². The lowest BCUT2D eigenvalue weighted by atomic mass is 9.84. The van der Waals surface area contributed by atoms with E-state index in [0.29, 0.717) is 6.04 Å². The number of rotatable bonds is 4. The van der Waals surface area contributed by atoms with Gasteiger partial charge in [-0.1, -0.05) is 18.2 Å². The Balaban J connectivity index is 1.78. The maximum Gasteiger partial charge on any atom is 0.0385 e. The molecule has 0 aromatic heterocycles. The van der Waals surface area contributed by atoms with E-state index in [-0.39, 0.29) is 0 Å². The Kier molecular flexibility index (Phi) is 4.13. The van der Waals surface area contributed by atoms with Gasteiger partial charge in [0.05, 0.1) is 0 Å². The van der Waals surface area contributed by atoms with E-state index in [0.717, 1.165) is 12.0 Å². The lowest BCUT2D eigenvalue weighted by Crippen LogP contribution is -2.41. The van der Waals surface area contributed by atoms with Crippen LogP contribution in [0.1, 0.15) is 48.4 Å². The molecule has 0 amide bonds. The van der Waals surface area contributed by atoms with E-state index in [2.05, 4.69) is 49.3 Å². The zero-order valence-electron chi connectivity index (χ0n) is 13.2. The molecular formula is C18H28N2. The average molecular weight is 272 g/mol. The van der Waals surface area contributed by atoms with Gasteiger partial charge in [0.25, 0.3) is 0 Å². The molecular weight excluding hydrogens is 244 g/mol. The van der Waals surface area contributed by atoms with E-state index < -0.39 is 0 Å². The molecule has 2 aliphatic rings. The van der Waals surface area contributed by atoms with Gasteiger partial charge in [-0.15, -0.1) is 0 Å². The number of aryl methyl sites for hydroxylation is 2. The van der Waals surface area contributed by atoms with Crippen molar-refractivity contribution in [2.24, 2.45) is 5.92 Å². The highest BCUT2D eigenvalue weighted by molar-refractivity contribution is 5.32. The van der Waals surface area contributed by atoms with Gasteiger partial charge in [0.15, 0.2) is 0 Å². The maximum atomic E-state index is 3.75. The standard InChI is InChI=1S/C18H28N2/c1-13-6-7-15(11-14(13)2)18-16(5-4-10-20(18)3)12-19-17-8-9-17/h6-7,11,16-19H,4-5,8-10,12H2,1-3H3. The van der Waals surface area contributed by atoms with E-state index in [1.54, 1.807) is 0 Å². The topological polar surface area (TPSA) is 15.3 Å². The Morgan fingerprint density at radius 3 is 2.65 bits per heavy atom. The van der Waals surface area contributed by atoms with Crippen LogP contribution in [0.25, 0.3) is 0 Å². The molecule has 2 atom stereocenters. The fourth-order valence-corrected chi connectivity index (χ4v) is 3.55. The average Bonchev–Trinajstić information content (AvgIpc) is 3.24. The first-order valence-electron chi connectivity index (χ1n) is 8.16. The lowest BCUT2D eigenvalue weighted by Gasteiger charge is -2.40. The van der Waals surface area contributed by atoms with Crippen molar-refractivity contribution in [1.29, 1.82) is 0 Å². The number of hydrogen-bond donors (Lipinski definition) is 1. The minimum atomic E-state index is 0.592. The van der Waals surface area contributed by atoms with Gasteiger partial charge in [-0.05, 0) is 75.7 Å². The van der Waals surface area contributed by atoms with Crippen LogP contribution >= 0.6 is 0 Å². The van der Waals surface area contributed by atoms with Gasteiger partial charge < -0.3 is 5.32 Å². The Morgan fingerprint density at radius 2 is 1.95 bits per heavy atom. The molecule has 2 nitrogen and oxygen atoms in total. The summed E-state index contributed by atoms with van der Waals surface area (Å²) in [4.78, 5) is 2.56. The summed E-state index contributed by atoms with van der Waals surface area (Å²) in [6.45, 7) is 6.86. The molecule has 1 aliphatic carbocycles. The normalized spacial score (nSPS) is 27.8. The van der Waals surface area contributed by atoms with Gasteiger partial charge in [0, 0.05) is 18.6 Å². The Labute approximate surface area is 123 Å². The van der Waals surface area contributed by atoms with Crippen molar-refractivity contribution in [2.45, 2.75) is 51.6 Å². The van der Waals surface area contributed by atoms with Crippen molar-refractivity contribution in [3.05, 3.63) is 34.9 Å². The van der Waals surface area contributed by atoms with Crippen LogP contribution in [0.4, 0.5) is 0 Å². The van der Waals surface area contributed by atoms with Crippen LogP contribution in [0.5, 0.6) is 0 Å². The summed E-state index contributed by atoms with van der Waals surface area (Å²) in [5, 5.41) is 3.75. The zero-order valence-corrected chi connectivity index (χ0v) is 13.2. The van der Waals surface area contributed by atoms with Gasteiger partial charge in [-0.2, -0.15) is 0 Å². The summed E-state index contributed by atoms with van der Waals surface area (Å²) in [6.07, 6.45) is 5.48. The van der Waals surface area contributed by atoms with Crippen LogP contribution in [-0.2, 0) is 0 Å². The molecule has 1 aromatic carbocycles. The number of nitrogens with zero attached hydrogens (tertiary/aromatic N) is 1. The van der Waals surface area contributed by atoms with Crippen molar-refractivity contribution >= 4 is 0 Å². The monoisotopic (exact) mass is 272 g/mol. The maximum absolute atomic E-state index is 3.75. The van der Waals surface area contributed by atoms with Crippen molar-refractivity contribution < 1.29 is 0 Å². The number of piperidine rings is 1. The summed E-state index contributed by atoms with van der Waals surface area (Å²) < 4.78 is 0. The fourth-order valence-electron chi connectivity index (χ4n) is 3.55. The van der Waals surface area contributed by atoms with E-state index in [1.807, 2.05) is 0 Å². The number of likely N-dealkylation sites (tertiary alicyclic amines) is 1.